The number of piperidine rings is 1. The fourth-order valence-corrected chi connectivity index (χ4v) is 5.42. The number of aryl methyl sites for hydroxylation is 1. The van der Waals surface area contributed by atoms with E-state index in [0.29, 0.717) is 12.0 Å². The molecule has 1 saturated heterocycles. The second kappa shape index (κ2) is 7.52. The molecule has 5 rings (SSSR count). The highest BCUT2D eigenvalue weighted by Gasteiger charge is 2.38. The summed E-state index contributed by atoms with van der Waals surface area (Å²) in [6.07, 6.45) is 4.63. The van der Waals surface area contributed by atoms with Crippen LogP contribution < -0.4 is 15.0 Å². The Morgan fingerprint density at radius 2 is 1.97 bits per heavy atom. The van der Waals surface area contributed by atoms with Crippen LogP contribution >= 0.6 is 0 Å². The van der Waals surface area contributed by atoms with Crippen LogP contribution in [0.2, 0.25) is 0 Å². The largest absolute Gasteiger partial charge is 0.497 e. The number of anilines is 2. The second-order valence-electron chi connectivity index (χ2n) is 8.77. The number of methoxy groups -OCH3 is 1. The zero-order chi connectivity index (χ0) is 20.0. The first-order valence-corrected chi connectivity index (χ1v) is 10.9. The molecular formula is C24H30FN3O. The number of benzene rings is 2. The summed E-state index contributed by atoms with van der Waals surface area (Å²) in [4.78, 5) is 5.07. The third-order valence-corrected chi connectivity index (χ3v) is 6.96. The molecule has 3 aliphatic heterocycles. The molecule has 0 aliphatic carbocycles. The predicted molar refractivity (Wildman–Crippen MR) is 115 cm³/mol. The van der Waals surface area contributed by atoms with E-state index in [1.54, 1.807) is 19.2 Å². The number of rotatable bonds is 4. The summed E-state index contributed by atoms with van der Waals surface area (Å²) in [6.45, 7) is 5.47. The lowest BCUT2D eigenvalue weighted by Gasteiger charge is -2.40. The SMILES string of the molecule is COc1cccc(C2CCN(CC3Nc4cc(F)cc5c4N3C(C)CC5)CC2)c1. The van der Waals surface area contributed by atoms with Crippen LogP contribution in [0, 0.1) is 5.82 Å². The molecule has 0 bridgehead atoms. The average Bonchev–Trinajstić information content (AvgIpc) is 3.10. The number of hydrogen-bond donors (Lipinski definition) is 1. The van der Waals surface area contributed by atoms with Crippen LogP contribution in [0.5, 0.6) is 5.75 Å². The summed E-state index contributed by atoms with van der Waals surface area (Å²) in [5, 5.41) is 3.62. The summed E-state index contributed by atoms with van der Waals surface area (Å²) in [5.74, 6) is 1.42. The first-order valence-electron chi connectivity index (χ1n) is 10.9. The molecule has 1 N–H and O–H groups in total. The molecule has 29 heavy (non-hydrogen) atoms. The minimum atomic E-state index is -0.125. The highest BCUT2D eigenvalue weighted by molar-refractivity contribution is 5.80. The Balaban J connectivity index is 1.26. The van der Waals surface area contributed by atoms with E-state index in [9.17, 15) is 4.39 Å². The van der Waals surface area contributed by atoms with Crippen LogP contribution in [-0.4, -0.2) is 43.9 Å². The van der Waals surface area contributed by atoms with Crippen molar-refractivity contribution in [2.24, 2.45) is 0 Å². The third kappa shape index (κ3) is 3.46. The third-order valence-electron chi connectivity index (χ3n) is 6.96. The van der Waals surface area contributed by atoms with Crippen LogP contribution in [0.3, 0.4) is 0 Å². The van der Waals surface area contributed by atoms with Crippen molar-refractivity contribution in [1.29, 1.82) is 0 Å². The molecule has 0 amide bonds. The fraction of sp³-hybridized carbons (Fsp3) is 0.500. The van der Waals surface area contributed by atoms with Crippen LogP contribution in [0.4, 0.5) is 15.8 Å². The van der Waals surface area contributed by atoms with Gasteiger partial charge in [-0.2, -0.15) is 0 Å². The van der Waals surface area contributed by atoms with Gasteiger partial charge in [0.05, 0.1) is 18.5 Å². The first kappa shape index (κ1) is 18.7. The lowest BCUT2D eigenvalue weighted by molar-refractivity contribution is 0.202. The summed E-state index contributed by atoms with van der Waals surface area (Å²) in [7, 11) is 1.73. The molecule has 3 aliphatic rings. The summed E-state index contributed by atoms with van der Waals surface area (Å²) < 4.78 is 19.4. The Labute approximate surface area is 172 Å². The van der Waals surface area contributed by atoms with Gasteiger partial charge in [-0.15, -0.1) is 0 Å². The van der Waals surface area contributed by atoms with Gasteiger partial charge in [-0.05, 0) is 87.0 Å². The summed E-state index contributed by atoms with van der Waals surface area (Å²) in [5.41, 5.74) is 4.76. The highest BCUT2D eigenvalue weighted by Crippen LogP contribution is 2.44. The number of hydrogen-bond acceptors (Lipinski definition) is 4. The smallest absolute Gasteiger partial charge is 0.125 e. The van der Waals surface area contributed by atoms with Crippen molar-refractivity contribution >= 4 is 11.4 Å². The molecule has 1 fully saturated rings. The quantitative estimate of drug-likeness (QED) is 0.818. The minimum absolute atomic E-state index is 0.125. The van der Waals surface area contributed by atoms with Crippen LogP contribution in [0.25, 0.3) is 0 Å². The van der Waals surface area contributed by atoms with Gasteiger partial charge in [0, 0.05) is 12.6 Å². The van der Waals surface area contributed by atoms with Crippen molar-refractivity contribution in [2.45, 2.75) is 50.7 Å². The van der Waals surface area contributed by atoms with Crippen molar-refractivity contribution < 1.29 is 9.13 Å². The van der Waals surface area contributed by atoms with E-state index in [0.717, 1.165) is 49.5 Å². The van der Waals surface area contributed by atoms with Gasteiger partial charge < -0.3 is 15.0 Å². The van der Waals surface area contributed by atoms with Crippen LogP contribution in [-0.2, 0) is 6.42 Å². The Kier molecular flexibility index (Phi) is 4.86. The molecule has 2 aromatic rings. The lowest BCUT2D eigenvalue weighted by atomic mass is 9.89. The number of nitrogens with zero attached hydrogens (tertiary/aromatic N) is 2. The van der Waals surface area contributed by atoms with Crippen LogP contribution in [0.1, 0.15) is 43.2 Å². The molecule has 2 aromatic carbocycles. The molecular weight excluding hydrogens is 365 g/mol. The van der Waals surface area contributed by atoms with Gasteiger partial charge >= 0.3 is 0 Å². The van der Waals surface area contributed by atoms with Crippen molar-refractivity contribution in [1.82, 2.24) is 4.90 Å². The van der Waals surface area contributed by atoms with Gasteiger partial charge in [0.25, 0.3) is 0 Å². The molecule has 0 spiro atoms. The maximum absolute atomic E-state index is 14.0. The molecule has 0 radical (unpaired) electrons. The minimum Gasteiger partial charge on any atom is -0.497 e. The molecule has 0 aromatic heterocycles. The van der Waals surface area contributed by atoms with Crippen molar-refractivity contribution in [3.8, 4) is 5.75 Å². The summed E-state index contributed by atoms with van der Waals surface area (Å²) in [6, 6.07) is 12.4. The van der Waals surface area contributed by atoms with Gasteiger partial charge in [0.1, 0.15) is 17.7 Å². The maximum Gasteiger partial charge on any atom is 0.125 e. The predicted octanol–water partition coefficient (Wildman–Crippen LogP) is 4.61. The topological polar surface area (TPSA) is 27.7 Å². The van der Waals surface area contributed by atoms with E-state index in [1.165, 1.54) is 24.1 Å². The van der Waals surface area contributed by atoms with Gasteiger partial charge in [-0.3, -0.25) is 4.90 Å². The molecule has 0 saturated carbocycles. The Morgan fingerprint density at radius 3 is 2.76 bits per heavy atom. The second-order valence-corrected chi connectivity index (χ2v) is 8.77. The number of halogens is 1. The highest BCUT2D eigenvalue weighted by atomic mass is 19.1. The molecule has 5 heteroatoms. The van der Waals surface area contributed by atoms with Crippen molar-refractivity contribution in [3.63, 3.8) is 0 Å². The summed E-state index contributed by atoms with van der Waals surface area (Å²) >= 11 is 0. The van der Waals surface area contributed by atoms with Crippen molar-refractivity contribution in [3.05, 3.63) is 53.3 Å². The zero-order valence-corrected chi connectivity index (χ0v) is 17.3. The van der Waals surface area contributed by atoms with E-state index in [-0.39, 0.29) is 12.0 Å². The maximum atomic E-state index is 14.0. The Morgan fingerprint density at radius 1 is 1.14 bits per heavy atom. The first-order chi connectivity index (χ1) is 14.1. The molecule has 4 nitrogen and oxygen atoms in total. The van der Waals surface area contributed by atoms with E-state index in [2.05, 4.69) is 40.2 Å². The number of likely N-dealkylation sites (tertiary alicyclic amines) is 1. The van der Waals surface area contributed by atoms with E-state index >= 15 is 0 Å². The normalized spacial score (nSPS) is 24.3. The van der Waals surface area contributed by atoms with E-state index in [4.69, 9.17) is 4.74 Å². The van der Waals surface area contributed by atoms with Crippen molar-refractivity contribution in [2.75, 3.05) is 37.0 Å². The Hall–Kier alpha value is -2.27. The van der Waals surface area contributed by atoms with E-state index < -0.39 is 0 Å². The Bertz CT molecular complexity index is 894. The average molecular weight is 396 g/mol. The van der Waals surface area contributed by atoms with Crippen LogP contribution in [0.15, 0.2) is 36.4 Å². The number of ether oxygens (including phenoxy) is 1. The van der Waals surface area contributed by atoms with Gasteiger partial charge in [0.15, 0.2) is 0 Å². The zero-order valence-electron chi connectivity index (χ0n) is 17.3. The molecule has 3 heterocycles. The lowest BCUT2D eigenvalue weighted by Crippen LogP contribution is -2.51. The molecule has 154 valence electrons. The molecule has 2 unspecified atom stereocenters. The molecule has 2 atom stereocenters. The fourth-order valence-electron chi connectivity index (χ4n) is 5.42. The number of nitrogens with one attached hydrogen (secondary N) is 1. The van der Waals surface area contributed by atoms with E-state index in [1.807, 2.05) is 6.07 Å². The van der Waals surface area contributed by atoms with Gasteiger partial charge in [-0.25, -0.2) is 4.39 Å². The monoisotopic (exact) mass is 395 g/mol. The van der Waals surface area contributed by atoms with Gasteiger partial charge in [0.2, 0.25) is 0 Å². The van der Waals surface area contributed by atoms with Gasteiger partial charge in [-0.1, -0.05) is 12.1 Å². The standard InChI is InChI=1S/C24H30FN3O/c1-16-6-7-19-12-20(25)14-22-24(19)28(16)23(26-22)15-27-10-8-17(9-11-27)18-4-3-5-21(13-18)29-2/h3-5,12-14,16-17,23,26H,6-11,15H2,1-2H3.